The summed E-state index contributed by atoms with van der Waals surface area (Å²) in [6.07, 6.45) is 4.60. The van der Waals surface area contributed by atoms with Crippen LogP contribution in [0.15, 0.2) is 12.2 Å². The maximum Gasteiger partial charge on any atom is 0.0751 e. The van der Waals surface area contributed by atoms with E-state index in [1.165, 1.54) is 0 Å². The van der Waals surface area contributed by atoms with Crippen LogP contribution >= 0.6 is 0 Å². The maximum atomic E-state index is 10.2. The zero-order valence-electron chi connectivity index (χ0n) is 11.7. The van der Waals surface area contributed by atoms with Crippen molar-refractivity contribution < 1.29 is 15.3 Å². The van der Waals surface area contributed by atoms with Gasteiger partial charge in [0.05, 0.1) is 11.7 Å². The summed E-state index contributed by atoms with van der Waals surface area (Å²) in [4.78, 5) is 0. The molecule has 0 heterocycles. The lowest BCUT2D eigenvalue weighted by Gasteiger charge is -2.33. The zero-order valence-corrected chi connectivity index (χ0v) is 11.7. The van der Waals surface area contributed by atoms with E-state index in [0.29, 0.717) is 12.3 Å². The van der Waals surface area contributed by atoms with Gasteiger partial charge in [0.2, 0.25) is 0 Å². The first kappa shape index (κ1) is 15.7. The Morgan fingerprint density at radius 3 is 2.50 bits per heavy atom. The number of aliphatic hydroxyl groups excluding tert-OH is 2. The molecule has 0 amide bonds. The molecular weight excluding hydrogens is 228 g/mol. The van der Waals surface area contributed by atoms with Crippen molar-refractivity contribution in [3.05, 3.63) is 12.2 Å². The van der Waals surface area contributed by atoms with Gasteiger partial charge < -0.3 is 15.3 Å². The van der Waals surface area contributed by atoms with Gasteiger partial charge in [-0.05, 0) is 69.8 Å². The predicted molar refractivity (Wildman–Crippen MR) is 73.2 cm³/mol. The third kappa shape index (κ3) is 4.71. The molecule has 0 spiro atoms. The summed E-state index contributed by atoms with van der Waals surface area (Å²) in [6, 6.07) is 0. The van der Waals surface area contributed by atoms with Crippen LogP contribution in [0, 0.1) is 11.8 Å². The van der Waals surface area contributed by atoms with Gasteiger partial charge in [-0.2, -0.15) is 0 Å². The molecule has 2 unspecified atom stereocenters. The molecule has 0 radical (unpaired) electrons. The van der Waals surface area contributed by atoms with Gasteiger partial charge in [0.25, 0.3) is 0 Å². The first-order valence-electron chi connectivity index (χ1n) is 7.03. The van der Waals surface area contributed by atoms with Crippen LogP contribution < -0.4 is 0 Å². The zero-order chi connectivity index (χ0) is 13.8. The van der Waals surface area contributed by atoms with Crippen LogP contribution in [-0.2, 0) is 0 Å². The lowest BCUT2D eigenvalue weighted by Crippen LogP contribution is -2.35. The van der Waals surface area contributed by atoms with Crippen molar-refractivity contribution in [2.24, 2.45) is 11.8 Å². The second-order valence-corrected chi connectivity index (χ2v) is 6.28. The van der Waals surface area contributed by atoms with Crippen LogP contribution in [-0.4, -0.2) is 33.6 Å². The highest BCUT2D eigenvalue weighted by Gasteiger charge is 2.30. The summed E-state index contributed by atoms with van der Waals surface area (Å²) in [6.45, 7) is 7.76. The van der Waals surface area contributed by atoms with Crippen LogP contribution in [0.25, 0.3) is 0 Å². The second kappa shape index (κ2) is 6.69. The Morgan fingerprint density at radius 2 is 1.94 bits per heavy atom. The average Bonchev–Trinajstić information content (AvgIpc) is 2.29. The van der Waals surface area contributed by atoms with E-state index < -0.39 is 11.7 Å². The van der Waals surface area contributed by atoms with Gasteiger partial charge in [0, 0.05) is 6.61 Å². The van der Waals surface area contributed by atoms with Gasteiger partial charge in [-0.15, -0.1) is 0 Å². The number of aliphatic hydroxyl groups is 3. The van der Waals surface area contributed by atoms with Crippen molar-refractivity contribution in [3.63, 3.8) is 0 Å². The van der Waals surface area contributed by atoms with Gasteiger partial charge in [0.15, 0.2) is 0 Å². The third-order valence-corrected chi connectivity index (χ3v) is 4.27. The van der Waals surface area contributed by atoms with E-state index >= 15 is 0 Å². The minimum absolute atomic E-state index is 0.0522. The molecule has 0 aromatic rings. The predicted octanol–water partition coefficient (Wildman–Crippen LogP) is 2.25. The molecule has 106 valence electrons. The van der Waals surface area contributed by atoms with E-state index in [4.69, 9.17) is 0 Å². The van der Waals surface area contributed by atoms with Crippen LogP contribution in [0.1, 0.15) is 52.4 Å². The Bertz CT molecular complexity index is 267. The largest absolute Gasteiger partial charge is 0.396 e. The summed E-state index contributed by atoms with van der Waals surface area (Å²) in [5.41, 5.74) is 0.0725. The molecule has 0 saturated heterocycles. The standard InChI is InChI=1S/C15H28O3/c1-11-5-4-6-12(10-16)7-8-13(9-14(11)17)15(2,3)18/h12-14,16-18H,1,4-10H2,2-3H3/t12?,13-,14?/m0/s1. The number of hydrogen-bond donors (Lipinski definition) is 3. The fourth-order valence-electron chi connectivity index (χ4n) is 2.74. The number of rotatable bonds is 2. The molecule has 0 aromatic carbocycles. The Kier molecular flexibility index (Phi) is 5.83. The lowest BCUT2D eigenvalue weighted by atomic mass is 9.78. The quantitative estimate of drug-likeness (QED) is 0.664. The average molecular weight is 256 g/mol. The van der Waals surface area contributed by atoms with Crippen LogP contribution in [0.5, 0.6) is 0 Å². The summed E-state index contributed by atoms with van der Waals surface area (Å²) in [5, 5.41) is 29.6. The van der Waals surface area contributed by atoms with Crippen molar-refractivity contribution in [2.45, 2.75) is 64.1 Å². The van der Waals surface area contributed by atoms with Crippen LogP contribution in [0.3, 0.4) is 0 Å². The van der Waals surface area contributed by atoms with Crippen molar-refractivity contribution in [1.29, 1.82) is 0 Å². The van der Waals surface area contributed by atoms with Gasteiger partial charge in [-0.1, -0.05) is 6.58 Å². The van der Waals surface area contributed by atoms with Crippen molar-refractivity contribution in [1.82, 2.24) is 0 Å². The molecule has 1 rings (SSSR count). The Hall–Kier alpha value is -0.380. The van der Waals surface area contributed by atoms with Gasteiger partial charge in [-0.3, -0.25) is 0 Å². The Labute approximate surface area is 111 Å². The van der Waals surface area contributed by atoms with Crippen molar-refractivity contribution >= 4 is 0 Å². The summed E-state index contributed by atoms with van der Waals surface area (Å²) < 4.78 is 0. The fourth-order valence-corrected chi connectivity index (χ4v) is 2.74. The van der Waals surface area contributed by atoms with Crippen LogP contribution in [0.2, 0.25) is 0 Å². The molecule has 1 aliphatic carbocycles. The molecule has 3 N–H and O–H groups in total. The summed E-state index contributed by atoms with van der Waals surface area (Å²) in [7, 11) is 0. The van der Waals surface area contributed by atoms with E-state index in [2.05, 4.69) is 6.58 Å². The highest BCUT2D eigenvalue weighted by molar-refractivity contribution is 5.03. The molecule has 1 saturated carbocycles. The minimum Gasteiger partial charge on any atom is -0.396 e. The molecule has 3 heteroatoms. The first-order chi connectivity index (χ1) is 8.34. The molecule has 1 aliphatic rings. The van der Waals surface area contributed by atoms with Crippen LogP contribution in [0.4, 0.5) is 0 Å². The smallest absolute Gasteiger partial charge is 0.0751 e. The van der Waals surface area contributed by atoms with E-state index in [1.807, 2.05) is 0 Å². The lowest BCUT2D eigenvalue weighted by molar-refractivity contribution is -0.0112. The van der Waals surface area contributed by atoms with E-state index in [-0.39, 0.29) is 12.5 Å². The van der Waals surface area contributed by atoms with Gasteiger partial charge >= 0.3 is 0 Å². The number of hydrogen-bond acceptors (Lipinski definition) is 3. The highest BCUT2D eigenvalue weighted by Crippen LogP contribution is 2.32. The Morgan fingerprint density at radius 1 is 1.28 bits per heavy atom. The van der Waals surface area contributed by atoms with Gasteiger partial charge in [0.1, 0.15) is 0 Å². The van der Waals surface area contributed by atoms with E-state index in [0.717, 1.165) is 37.7 Å². The first-order valence-corrected chi connectivity index (χ1v) is 7.03. The van der Waals surface area contributed by atoms with Gasteiger partial charge in [-0.25, -0.2) is 0 Å². The van der Waals surface area contributed by atoms with E-state index in [9.17, 15) is 15.3 Å². The molecule has 0 aromatic heterocycles. The molecular formula is C15H28O3. The molecule has 0 bridgehead atoms. The summed E-state index contributed by atoms with van der Waals surface area (Å²) >= 11 is 0. The topological polar surface area (TPSA) is 60.7 Å². The SMILES string of the molecule is C=C1CCCC(CO)CC[C@H](C(C)(C)O)CC1O. The monoisotopic (exact) mass is 256 g/mol. The fraction of sp³-hybridized carbons (Fsp3) is 0.867. The maximum absolute atomic E-state index is 10.2. The molecule has 0 aliphatic heterocycles. The van der Waals surface area contributed by atoms with E-state index in [1.54, 1.807) is 13.8 Å². The third-order valence-electron chi connectivity index (χ3n) is 4.27. The normalized spacial score (nSPS) is 32.3. The summed E-state index contributed by atoms with van der Waals surface area (Å²) in [5.74, 6) is 0.370. The molecule has 3 nitrogen and oxygen atoms in total. The molecule has 18 heavy (non-hydrogen) atoms. The van der Waals surface area contributed by atoms with Crippen molar-refractivity contribution in [3.8, 4) is 0 Å². The Balaban J connectivity index is 2.74. The minimum atomic E-state index is -0.791. The second-order valence-electron chi connectivity index (χ2n) is 6.28. The molecule has 1 fully saturated rings. The van der Waals surface area contributed by atoms with Crippen molar-refractivity contribution in [2.75, 3.05) is 6.61 Å². The highest BCUT2D eigenvalue weighted by atomic mass is 16.3. The molecule has 3 atom stereocenters.